The van der Waals surface area contributed by atoms with Gasteiger partial charge < -0.3 is 5.32 Å². The zero-order chi connectivity index (χ0) is 7.61. The summed E-state index contributed by atoms with van der Waals surface area (Å²) in [5, 5.41) is 3.44. The molecule has 0 amide bonds. The lowest BCUT2D eigenvalue weighted by molar-refractivity contribution is 0.421. The molecule has 1 rings (SSSR count). The molecule has 1 aliphatic rings. The van der Waals surface area contributed by atoms with E-state index in [1.165, 1.54) is 12.8 Å². The predicted molar refractivity (Wildman–Crippen MR) is 45.5 cm³/mol. The van der Waals surface area contributed by atoms with Gasteiger partial charge in [-0.3, -0.25) is 0 Å². The SMILES string of the molecule is CC(C)(CCl)NCC1CC1. The first-order chi connectivity index (χ1) is 4.64. The first-order valence-corrected chi connectivity index (χ1v) is 4.48. The minimum Gasteiger partial charge on any atom is -0.310 e. The maximum absolute atomic E-state index is 5.73. The van der Waals surface area contributed by atoms with Crippen LogP contribution in [0.2, 0.25) is 0 Å². The van der Waals surface area contributed by atoms with Crippen LogP contribution in [-0.2, 0) is 0 Å². The van der Waals surface area contributed by atoms with E-state index in [-0.39, 0.29) is 5.54 Å². The van der Waals surface area contributed by atoms with Gasteiger partial charge in [0.2, 0.25) is 0 Å². The van der Waals surface area contributed by atoms with Crippen LogP contribution in [0, 0.1) is 5.92 Å². The largest absolute Gasteiger partial charge is 0.310 e. The highest BCUT2D eigenvalue weighted by Gasteiger charge is 2.24. The van der Waals surface area contributed by atoms with E-state index in [0.29, 0.717) is 5.88 Å². The Kier molecular flexibility index (Phi) is 2.59. The van der Waals surface area contributed by atoms with Crippen molar-refractivity contribution in [2.45, 2.75) is 32.2 Å². The predicted octanol–water partition coefficient (Wildman–Crippen LogP) is 2.00. The van der Waals surface area contributed by atoms with Crippen LogP contribution in [0.3, 0.4) is 0 Å². The molecule has 0 aromatic carbocycles. The number of hydrogen-bond donors (Lipinski definition) is 1. The normalized spacial score (nSPS) is 19.5. The van der Waals surface area contributed by atoms with Crippen molar-refractivity contribution in [3.8, 4) is 0 Å². The topological polar surface area (TPSA) is 12.0 Å². The number of halogens is 1. The van der Waals surface area contributed by atoms with Gasteiger partial charge in [-0.1, -0.05) is 0 Å². The van der Waals surface area contributed by atoms with E-state index >= 15 is 0 Å². The molecule has 0 unspecified atom stereocenters. The number of rotatable bonds is 4. The molecule has 0 radical (unpaired) electrons. The minimum absolute atomic E-state index is 0.129. The van der Waals surface area contributed by atoms with Crippen molar-refractivity contribution in [1.29, 1.82) is 0 Å². The van der Waals surface area contributed by atoms with Crippen LogP contribution in [0.5, 0.6) is 0 Å². The number of alkyl halides is 1. The molecule has 0 aliphatic heterocycles. The van der Waals surface area contributed by atoms with Gasteiger partial charge in [-0.25, -0.2) is 0 Å². The smallest absolute Gasteiger partial charge is 0.0400 e. The average molecular weight is 162 g/mol. The standard InChI is InChI=1S/C8H16ClN/c1-8(2,6-9)10-5-7-3-4-7/h7,10H,3-6H2,1-2H3. The van der Waals surface area contributed by atoms with Gasteiger partial charge in [-0.2, -0.15) is 0 Å². The van der Waals surface area contributed by atoms with Crippen LogP contribution in [0.1, 0.15) is 26.7 Å². The Bertz CT molecular complexity index is 108. The van der Waals surface area contributed by atoms with E-state index in [2.05, 4.69) is 19.2 Å². The Hall–Kier alpha value is 0.250. The summed E-state index contributed by atoms with van der Waals surface area (Å²) >= 11 is 5.73. The zero-order valence-corrected chi connectivity index (χ0v) is 7.54. The molecular weight excluding hydrogens is 146 g/mol. The molecule has 1 nitrogen and oxygen atoms in total. The summed E-state index contributed by atoms with van der Waals surface area (Å²) in [7, 11) is 0. The molecule has 0 spiro atoms. The van der Waals surface area contributed by atoms with Gasteiger partial charge in [0.1, 0.15) is 0 Å². The minimum atomic E-state index is 0.129. The highest BCUT2D eigenvalue weighted by molar-refractivity contribution is 6.18. The number of nitrogens with one attached hydrogen (secondary N) is 1. The van der Waals surface area contributed by atoms with Gasteiger partial charge in [-0.15, -0.1) is 11.6 Å². The molecule has 2 heteroatoms. The van der Waals surface area contributed by atoms with E-state index in [4.69, 9.17) is 11.6 Å². The lowest BCUT2D eigenvalue weighted by Crippen LogP contribution is -2.42. The Morgan fingerprint density at radius 1 is 1.50 bits per heavy atom. The molecule has 10 heavy (non-hydrogen) atoms. The van der Waals surface area contributed by atoms with Crippen molar-refractivity contribution in [1.82, 2.24) is 5.32 Å². The highest BCUT2D eigenvalue weighted by atomic mass is 35.5. The summed E-state index contributed by atoms with van der Waals surface area (Å²) in [4.78, 5) is 0. The molecule has 0 heterocycles. The van der Waals surface area contributed by atoms with Crippen molar-refractivity contribution < 1.29 is 0 Å². The van der Waals surface area contributed by atoms with E-state index in [9.17, 15) is 0 Å². The van der Waals surface area contributed by atoms with Crippen LogP contribution >= 0.6 is 11.6 Å². The fourth-order valence-corrected chi connectivity index (χ4v) is 0.884. The maximum Gasteiger partial charge on any atom is 0.0400 e. The quantitative estimate of drug-likeness (QED) is 0.622. The molecular formula is C8H16ClN. The Balaban J connectivity index is 2.09. The summed E-state index contributed by atoms with van der Waals surface area (Å²) in [5.74, 6) is 1.64. The van der Waals surface area contributed by atoms with E-state index in [1.54, 1.807) is 0 Å². The maximum atomic E-state index is 5.73. The van der Waals surface area contributed by atoms with Crippen LogP contribution < -0.4 is 5.32 Å². The molecule has 0 aromatic rings. The molecule has 0 saturated heterocycles. The average Bonchev–Trinajstić information content (AvgIpc) is 2.66. The van der Waals surface area contributed by atoms with Crippen molar-refractivity contribution >= 4 is 11.6 Å². The van der Waals surface area contributed by atoms with E-state index in [1.807, 2.05) is 0 Å². The summed E-state index contributed by atoms with van der Waals surface area (Å²) < 4.78 is 0. The van der Waals surface area contributed by atoms with Crippen LogP contribution in [0.4, 0.5) is 0 Å². The first kappa shape index (κ1) is 8.35. The van der Waals surface area contributed by atoms with Gasteiger partial charge in [0.15, 0.2) is 0 Å². The second-order valence-corrected chi connectivity index (χ2v) is 4.11. The van der Waals surface area contributed by atoms with Crippen LogP contribution in [0.15, 0.2) is 0 Å². The van der Waals surface area contributed by atoms with Gasteiger partial charge in [0, 0.05) is 11.4 Å². The fraction of sp³-hybridized carbons (Fsp3) is 1.00. The molecule has 1 fully saturated rings. The van der Waals surface area contributed by atoms with Gasteiger partial charge in [0.05, 0.1) is 0 Å². The summed E-state index contributed by atoms with van der Waals surface area (Å²) in [6.45, 7) is 5.44. The zero-order valence-electron chi connectivity index (χ0n) is 6.78. The fourth-order valence-electron chi connectivity index (χ4n) is 0.790. The van der Waals surface area contributed by atoms with Crippen molar-refractivity contribution in [3.05, 3.63) is 0 Å². The highest BCUT2D eigenvalue weighted by Crippen LogP contribution is 2.28. The molecule has 1 aliphatic carbocycles. The number of hydrogen-bond acceptors (Lipinski definition) is 1. The summed E-state index contributed by atoms with van der Waals surface area (Å²) in [5.41, 5.74) is 0.129. The van der Waals surface area contributed by atoms with Crippen LogP contribution in [-0.4, -0.2) is 18.0 Å². The van der Waals surface area contributed by atoms with E-state index in [0.717, 1.165) is 12.5 Å². The van der Waals surface area contributed by atoms with Crippen LogP contribution in [0.25, 0.3) is 0 Å². The monoisotopic (exact) mass is 161 g/mol. The third-order valence-electron chi connectivity index (χ3n) is 1.90. The Morgan fingerprint density at radius 3 is 2.50 bits per heavy atom. The molecule has 0 atom stereocenters. The second kappa shape index (κ2) is 3.10. The Morgan fingerprint density at radius 2 is 2.10 bits per heavy atom. The first-order valence-electron chi connectivity index (χ1n) is 3.95. The lowest BCUT2D eigenvalue weighted by atomic mass is 10.1. The van der Waals surface area contributed by atoms with Crippen molar-refractivity contribution in [2.75, 3.05) is 12.4 Å². The van der Waals surface area contributed by atoms with Gasteiger partial charge >= 0.3 is 0 Å². The summed E-state index contributed by atoms with van der Waals surface area (Å²) in [6.07, 6.45) is 2.82. The lowest BCUT2D eigenvalue weighted by Gasteiger charge is -2.23. The van der Waals surface area contributed by atoms with Gasteiger partial charge in [-0.05, 0) is 39.2 Å². The Labute approximate surface area is 68.1 Å². The molecule has 60 valence electrons. The molecule has 1 N–H and O–H groups in total. The summed E-state index contributed by atoms with van der Waals surface area (Å²) in [6, 6.07) is 0. The molecule has 1 saturated carbocycles. The molecule has 0 aromatic heterocycles. The van der Waals surface area contributed by atoms with E-state index < -0.39 is 0 Å². The third kappa shape index (κ3) is 2.89. The molecule has 0 bridgehead atoms. The van der Waals surface area contributed by atoms with Crippen molar-refractivity contribution in [2.24, 2.45) is 5.92 Å². The van der Waals surface area contributed by atoms with Gasteiger partial charge in [0.25, 0.3) is 0 Å². The van der Waals surface area contributed by atoms with Crippen molar-refractivity contribution in [3.63, 3.8) is 0 Å². The third-order valence-corrected chi connectivity index (χ3v) is 2.57. The second-order valence-electron chi connectivity index (χ2n) is 3.84.